The van der Waals surface area contributed by atoms with Crippen LogP contribution in [-0.4, -0.2) is 46.7 Å². The van der Waals surface area contributed by atoms with E-state index in [0.29, 0.717) is 0 Å². The van der Waals surface area contributed by atoms with Gasteiger partial charge in [-0.25, -0.2) is 9.66 Å². The van der Waals surface area contributed by atoms with Gasteiger partial charge < -0.3 is 15.4 Å². The minimum atomic E-state index is -0.308. The van der Waals surface area contributed by atoms with Crippen molar-refractivity contribution in [2.45, 2.75) is 90.3 Å². The highest BCUT2D eigenvalue weighted by molar-refractivity contribution is 5.14. The molecule has 0 amide bonds. The maximum absolute atomic E-state index is 6.31. The summed E-state index contributed by atoms with van der Waals surface area (Å²) in [6, 6.07) is 0. The largest absolute Gasteiger partial charge is 0.341 e. The highest BCUT2D eigenvalue weighted by Gasteiger charge is 2.29. The summed E-state index contributed by atoms with van der Waals surface area (Å²) in [6.45, 7) is 8.11. The lowest BCUT2D eigenvalue weighted by atomic mass is 9.91. The fourth-order valence-electron chi connectivity index (χ4n) is 5.31. The van der Waals surface area contributed by atoms with Crippen molar-refractivity contribution < 1.29 is 4.74 Å². The van der Waals surface area contributed by atoms with Crippen LogP contribution in [0.1, 0.15) is 82.9 Å². The van der Waals surface area contributed by atoms with Crippen LogP contribution in [0.5, 0.6) is 0 Å². The summed E-state index contributed by atoms with van der Waals surface area (Å²) >= 11 is 0. The van der Waals surface area contributed by atoms with Gasteiger partial charge in [-0.2, -0.15) is 0 Å². The second kappa shape index (κ2) is 9.77. The molecule has 3 aliphatic rings. The van der Waals surface area contributed by atoms with Crippen molar-refractivity contribution in [3.63, 3.8) is 0 Å². The molecule has 1 aliphatic carbocycles. The second-order valence-corrected chi connectivity index (χ2v) is 9.43. The molecule has 4 N–H and O–H groups in total. The van der Waals surface area contributed by atoms with Crippen molar-refractivity contribution in [3.8, 4) is 0 Å². The molecule has 4 rings (SSSR count). The maximum Gasteiger partial charge on any atom is 0.199 e. The van der Waals surface area contributed by atoms with Crippen LogP contribution in [-0.2, 0) is 11.2 Å². The van der Waals surface area contributed by atoms with Crippen molar-refractivity contribution in [3.05, 3.63) is 17.7 Å². The van der Waals surface area contributed by atoms with Gasteiger partial charge in [0.05, 0.1) is 18.0 Å². The molecule has 1 saturated heterocycles. The van der Waals surface area contributed by atoms with Gasteiger partial charge in [0.2, 0.25) is 0 Å². The van der Waals surface area contributed by atoms with E-state index in [0.717, 1.165) is 36.9 Å². The monoisotopic (exact) mass is 404 g/mol. The van der Waals surface area contributed by atoms with Gasteiger partial charge >= 0.3 is 0 Å². The first kappa shape index (κ1) is 21.1. The molecule has 3 unspecified atom stereocenters. The standard InChI is InChI=1S/C22H40N6O/c1-3-6-16(2)29-22-25-20(23)21-24-14-19(28(21)26-22)13-17-9-11-27(12-10-17)15-18-7-4-5-8-18/h14,16-18,20,22,25-26H,3-13,15,23H2,1-2H3. The van der Waals surface area contributed by atoms with Crippen LogP contribution < -0.4 is 16.5 Å². The van der Waals surface area contributed by atoms with Crippen LogP contribution in [0.25, 0.3) is 0 Å². The molecule has 1 aromatic heterocycles. The first-order chi connectivity index (χ1) is 14.1. The van der Waals surface area contributed by atoms with Gasteiger partial charge in [0, 0.05) is 6.54 Å². The number of piperidine rings is 1. The number of nitrogens with zero attached hydrogens (tertiary/aromatic N) is 3. The lowest BCUT2D eigenvalue weighted by molar-refractivity contribution is -0.0289. The highest BCUT2D eigenvalue weighted by atomic mass is 16.5. The predicted octanol–water partition coefficient (Wildman–Crippen LogP) is 2.92. The van der Waals surface area contributed by atoms with Crippen molar-refractivity contribution >= 4 is 0 Å². The van der Waals surface area contributed by atoms with Crippen molar-refractivity contribution in [1.82, 2.24) is 19.9 Å². The number of nitrogens with two attached hydrogens (primary N) is 1. The molecule has 164 valence electrons. The second-order valence-electron chi connectivity index (χ2n) is 9.43. The number of imidazole rings is 1. The van der Waals surface area contributed by atoms with Crippen LogP contribution in [0.15, 0.2) is 6.20 Å². The van der Waals surface area contributed by atoms with Crippen LogP contribution in [0.3, 0.4) is 0 Å². The fraction of sp³-hybridized carbons (Fsp3) is 0.864. The van der Waals surface area contributed by atoms with E-state index in [-0.39, 0.29) is 18.6 Å². The molecule has 0 spiro atoms. The normalized spacial score (nSPS) is 27.7. The third-order valence-corrected chi connectivity index (χ3v) is 6.98. The Hall–Kier alpha value is -1.15. The van der Waals surface area contributed by atoms with Gasteiger partial charge in [-0.15, -0.1) is 0 Å². The van der Waals surface area contributed by atoms with E-state index in [4.69, 9.17) is 10.5 Å². The Morgan fingerprint density at radius 3 is 2.69 bits per heavy atom. The van der Waals surface area contributed by atoms with E-state index in [2.05, 4.69) is 39.2 Å². The summed E-state index contributed by atoms with van der Waals surface area (Å²) in [7, 11) is 0. The average molecular weight is 405 g/mol. The molecule has 0 radical (unpaired) electrons. The van der Waals surface area contributed by atoms with Gasteiger partial charge in [0.25, 0.3) is 0 Å². The Morgan fingerprint density at radius 1 is 1.21 bits per heavy atom. The molecule has 2 fully saturated rings. The highest BCUT2D eigenvalue weighted by Crippen LogP contribution is 2.28. The van der Waals surface area contributed by atoms with Gasteiger partial charge in [0.15, 0.2) is 12.2 Å². The molecule has 2 aliphatic heterocycles. The number of likely N-dealkylation sites (tertiary alicyclic amines) is 1. The van der Waals surface area contributed by atoms with Crippen molar-refractivity contribution in [1.29, 1.82) is 0 Å². The van der Waals surface area contributed by atoms with E-state index in [1.54, 1.807) is 0 Å². The SMILES string of the molecule is CCCC(C)OC1NC(N)c2ncc(CC3CCN(CC4CCCC4)CC3)n2N1. The molecule has 3 atom stereocenters. The average Bonchev–Trinajstić information content (AvgIpc) is 3.34. The van der Waals surface area contributed by atoms with Gasteiger partial charge in [0.1, 0.15) is 6.17 Å². The zero-order valence-electron chi connectivity index (χ0n) is 18.3. The quantitative estimate of drug-likeness (QED) is 0.618. The smallest absolute Gasteiger partial charge is 0.199 e. The number of hydrogen-bond donors (Lipinski definition) is 3. The minimum Gasteiger partial charge on any atom is -0.341 e. The van der Waals surface area contributed by atoms with Crippen LogP contribution >= 0.6 is 0 Å². The third-order valence-electron chi connectivity index (χ3n) is 6.98. The van der Waals surface area contributed by atoms with Crippen LogP contribution in [0.4, 0.5) is 0 Å². The predicted molar refractivity (Wildman–Crippen MR) is 116 cm³/mol. The summed E-state index contributed by atoms with van der Waals surface area (Å²) in [5.41, 5.74) is 11.0. The van der Waals surface area contributed by atoms with E-state index in [1.807, 2.05) is 6.20 Å². The zero-order chi connectivity index (χ0) is 20.2. The number of hydrogen-bond acceptors (Lipinski definition) is 6. The molecule has 0 aromatic carbocycles. The molecule has 29 heavy (non-hydrogen) atoms. The summed E-state index contributed by atoms with van der Waals surface area (Å²) in [5.74, 6) is 2.53. The zero-order valence-corrected chi connectivity index (χ0v) is 18.3. The third kappa shape index (κ3) is 5.32. The Kier molecular flexibility index (Phi) is 7.11. The Morgan fingerprint density at radius 2 is 1.97 bits per heavy atom. The van der Waals surface area contributed by atoms with Gasteiger partial charge in [-0.1, -0.05) is 26.2 Å². The molecular weight excluding hydrogens is 364 g/mol. The fourth-order valence-corrected chi connectivity index (χ4v) is 5.31. The molecular formula is C22H40N6O. The van der Waals surface area contributed by atoms with E-state index >= 15 is 0 Å². The van der Waals surface area contributed by atoms with Crippen molar-refractivity contribution in [2.75, 3.05) is 25.1 Å². The Bertz CT molecular complexity index is 635. The van der Waals surface area contributed by atoms with Crippen molar-refractivity contribution in [2.24, 2.45) is 17.6 Å². The molecule has 7 nitrogen and oxygen atoms in total. The van der Waals surface area contributed by atoms with E-state index < -0.39 is 0 Å². The number of rotatable bonds is 8. The number of ether oxygens (including phenoxy) is 1. The first-order valence-electron chi connectivity index (χ1n) is 11.8. The summed E-state index contributed by atoms with van der Waals surface area (Å²) in [5, 5.41) is 3.27. The van der Waals surface area contributed by atoms with E-state index in [9.17, 15) is 0 Å². The molecule has 3 heterocycles. The van der Waals surface area contributed by atoms with Crippen LogP contribution in [0.2, 0.25) is 0 Å². The van der Waals surface area contributed by atoms with Crippen LogP contribution in [0, 0.1) is 11.8 Å². The number of aromatic nitrogens is 2. The number of fused-ring (bicyclic) bond motifs is 1. The van der Waals surface area contributed by atoms with E-state index in [1.165, 1.54) is 63.9 Å². The summed E-state index contributed by atoms with van der Waals surface area (Å²) in [6.07, 6.45) is 13.2. The minimum absolute atomic E-state index is 0.190. The molecule has 1 aromatic rings. The Labute approximate surface area is 175 Å². The number of nitrogens with one attached hydrogen (secondary N) is 2. The summed E-state index contributed by atoms with van der Waals surface area (Å²) < 4.78 is 8.17. The maximum atomic E-state index is 6.31. The molecule has 0 bridgehead atoms. The van der Waals surface area contributed by atoms with Gasteiger partial charge in [-0.3, -0.25) is 10.7 Å². The first-order valence-corrected chi connectivity index (χ1v) is 11.8. The Balaban J connectivity index is 1.30. The topological polar surface area (TPSA) is 80.4 Å². The lowest BCUT2D eigenvalue weighted by Gasteiger charge is -2.35. The molecule has 1 saturated carbocycles. The van der Waals surface area contributed by atoms with Gasteiger partial charge in [-0.05, 0) is 70.4 Å². The lowest BCUT2D eigenvalue weighted by Crippen LogP contribution is -2.54. The summed E-state index contributed by atoms with van der Waals surface area (Å²) in [4.78, 5) is 7.29. The molecule has 7 heteroatoms.